The highest BCUT2D eigenvalue weighted by Crippen LogP contribution is 2.36. The normalized spacial score (nSPS) is 18.6. The molecule has 33 heavy (non-hydrogen) atoms. The Morgan fingerprint density at radius 2 is 1.61 bits per heavy atom. The Balaban J connectivity index is 1.11. The van der Waals surface area contributed by atoms with E-state index < -0.39 is 0 Å². The number of pyridine rings is 1. The van der Waals surface area contributed by atoms with Crippen LogP contribution in [0.4, 0.5) is 11.6 Å². The molecule has 166 valence electrons. The zero-order valence-electron chi connectivity index (χ0n) is 18.8. The third kappa shape index (κ3) is 4.15. The Morgan fingerprint density at radius 3 is 2.52 bits per heavy atom. The topological polar surface area (TPSA) is 45.2 Å². The van der Waals surface area contributed by atoms with Gasteiger partial charge in [-0.1, -0.05) is 48.5 Å². The number of hydrogen-bond acceptors (Lipinski definition) is 5. The molecule has 2 aliphatic heterocycles. The lowest BCUT2D eigenvalue weighted by atomic mass is 9.95. The molecule has 0 spiro atoms. The van der Waals surface area contributed by atoms with Gasteiger partial charge < -0.3 is 9.80 Å². The maximum absolute atomic E-state index is 4.86. The predicted octanol–water partition coefficient (Wildman–Crippen LogP) is 5.09. The second kappa shape index (κ2) is 8.81. The molecule has 2 aromatic carbocycles. The Bertz CT molecular complexity index is 1240. The molecule has 2 aromatic heterocycles. The number of nitrogens with zero attached hydrogens (tertiary/aromatic N) is 5. The molecule has 1 atom stereocenters. The number of rotatable bonds is 6. The van der Waals surface area contributed by atoms with Crippen molar-refractivity contribution in [3.63, 3.8) is 0 Å². The monoisotopic (exact) mass is 435 g/mol. The van der Waals surface area contributed by atoms with E-state index >= 15 is 0 Å². The maximum Gasteiger partial charge on any atom is 0.150 e. The van der Waals surface area contributed by atoms with E-state index in [4.69, 9.17) is 15.0 Å². The van der Waals surface area contributed by atoms with Crippen molar-refractivity contribution in [1.29, 1.82) is 0 Å². The van der Waals surface area contributed by atoms with Crippen LogP contribution in [-0.4, -0.2) is 41.1 Å². The average Bonchev–Trinajstić information content (AvgIpc) is 3.32. The highest BCUT2D eigenvalue weighted by Gasteiger charge is 2.35. The van der Waals surface area contributed by atoms with Crippen LogP contribution >= 0.6 is 0 Å². The van der Waals surface area contributed by atoms with Crippen LogP contribution in [0, 0.1) is 5.92 Å². The molecule has 0 aliphatic carbocycles. The van der Waals surface area contributed by atoms with Gasteiger partial charge in [-0.25, -0.2) is 9.97 Å². The number of anilines is 2. The maximum atomic E-state index is 4.86. The summed E-state index contributed by atoms with van der Waals surface area (Å²) in [7, 11) is 0. The first-order valence-corrected chi connectivity index (χ1v) is 12.0. The van der Waals surface area contributed by atoms with Crippen LogP contribution in [0.5, 0.6) is 0 Å². The number of hydrogen-bond donors (Lipinski definition) is 0. The number of para-hydroxylation sites is 1. The molecule has 0 radical (unpaired) electrons. The van der Waals surface area contributed by atoms with Gasteiger partial charge in [0.15, 0.2) is 5.82 Å². The van der Waals surface area contributed by atoms with Gasteiger partial charge in [0.25, 0.3) is 0 Å². The fraction of sp³-hybridized carbons (Fsp3) is 0.321. The minimum Gasteiger partial charge on any atom is -0.355 e. The van der Waals surface area contributed by atoms with Crippen molar-refractivity contribution in [2.75, 3.05) is 36.0 Å². The first-order chi connectivity index (χ1) is 16.3. The van der Waals surface area contributed by atoms with Crippen molar-refractivity contribution >= 4 is 22.5 Å². The number of benzene rings is 2. The van der Waals surface area contributed by atoms with Crippen molar-refractivity contribution in [2.24, 2.45) is 5.92 Å². The van der Waals surface area contributed by atoms with Crippen molar-refractivity contribution in [2.45, 2.75) is 25.2 Å². The minimum atomic E-state index is 0.408. The average molecular weight is 436 g/mol. The smallest absolute Gasteiger partial charge is 0.150 e. The fourth-order valence-electron chi connectivity index (χ4n) is 5.22. The molecule has 0 saturated carbocycles. The standard InChI is InChI=1S/C28H29N5/c1-2-6-21(7-3-1)10-11-22-14-17-32(18-22)28-27(29-15-16-30-28)24-19-33(20-24)26-13-12-23-8-4-5-9-25(23)31-26/h1-9,12-13,15-16,22,24H,10-11,14,17-20H2/t22-/m1/s1. The van der Waals surface area contributed by atoms with Crippen LogP contribution in [0.2, 0.25) is 0 Å². The Morgan fingerprint density at radius 1 is 0.788 bits per heavy atom. The molecule has 2 saturated heterocycles. The molecule has 0 amide bonds. The second-order valence-electron chi connectivity index (χ2n) is 9.35. The van der Waals surface area contributed by atoms with Crippen LogP contribution < -0.4 is 9.80 Å². The van der Waals surface area contributed by atoms with Crippen LogP contribution in [0.3, 0.4) is 0 Å². The molecule has 6 rings (SSSR count). The molecular weight excluding hydrogens is 406 g/mol. The third-order valence-corrected chi connectivity index (χ3v) is 7.15. The summed E-state index contributed by atoms with van der Waals surface area (Å²) in [6, 6.07) is 23.4. The first kappa shape index (κ1) is 20.2. The zero-order chi connectivity index (χ0) is 22.0. The summed E-state index contributed by atoms with van der Waals surface area (Å²) in [6.07, 6.45) is 7.32. The van der Waals surface area contributed by atoms with Gasteiger partial charge in [0.1, 0.15) is 5.82 Å². The van der Waals surface area contributed by atoms with E-state index in [0.29, 0.717) is 5.92 Å². The summed E-state index contributed by atoms with van der Waals surface area (Å²) >= 11 is 0. The fourth-order valence-corrected chi connectivity index (χ4v) is 5.22. The third-order valence-electron chi connectivity index (χ3n) is 7.15. The Labute approximate surface area is 195 Å². The molecule has 2 fully saturated rings. The van der Waals surface area contributed by atoms with Gasteiger partial charge in [-0.05, 0) is 48.9 Å². The van der Waals surface area contributed by atoms with Gasteiger partial charge in [0.2, 0.25) is 0 Å². The van der Waals surface area contributed by atoms with Crippen LogP contribution in [0.15, 0.2) is 79.1 Å². The van der Waals surface area contributed by atoms with Crippen molar-refractivity contribution in [1.82, 2.24) is 15.0 Å². The Hall–Kier alpha value is -3.47. The lowest BCUT2D eigenvalue weighted by Crippen LogP contribution is -2.46. The molecule has 2 aliphatic rings. The highest BCUT2D eigenvalue weighted by atomic mass is 15.3. The minimum absolute atomic E-state index is 0.408. The predicted molar refractivity (Wildman–Crippen MR) is 134 cm³/mol. The molecule has 5 heteroatoms. The summed E-state index contributed by atoms with van der Waals surface area (Å²) in [5, 5.41) is 1.19. The van der Waals surface area contributed by atoms with E-state index in [1.54, 1.807) is 0 Å². The van der Waals surface area contributed by atoms with Crippen LogP contribution in [0.1, 0.15) is 30.0 Å². The van der Waals surface area contributed by atoms with Crippen molar-refractivity contribution < 1.29 is 0 Å². The van der Waals surface area contributed by atoms with Gasteiger partial charge in [0.05, 0.1) is 11.2 Å². The number of aromatic nitrogens is 3. The van der Waals surface area contributed by atoms with E-state index in [9.17, 15) is 0 Å². The Kier molecular flexibility index (Phi) is 5.38. The lowest BCUT2D eigenvalue weighted by molar-refractivity contribution is 0.506. The van der Waals surface area contributed by atoms with Crippen molar-refractivity contribution in [3.8, 4) is 0 Å². The summed E-state index contributed by atoms with van der Waals surface area (Å²) < 4.78 is 0. The molecule has 4 aromatic rings. The second-order valence-corrected chi connectivity index (χ2v) is 9.35. The molecule has 0 bridgehead atoms. The van der Waals surface area contributed by atoms with Gasteiger partial charge in [-0.15, -0.1) is 0 Å². The molecule has 0 unspecified atom stereocenters. The molecule has 5 nitrogen and oxygen atoms in total. The van der Waals surface area contributed by atoms with Gasteiger partial charge in [0, 0.05) is 49.9 Å². The number of aryl methyl sites for hydroxylation is 1. The molecule has 4 heterocycles. The first-order valence-electron chi connectivity index (χ1n) is 12.0. The van der Waals surface area contributed by atoms with E-state index in [1.807, 2.05) is 18.5 Å². The summed E-state index contributed by atoms with van der Waals surface area (Å²) in [5.74, 6) is 3.28. The van der Waals surface area contributed by atoms with Crippen LogP contribution in [0.25, 0.3) is 10.9 Å². The van der Waals surface area contributed by atoms with Gasteiger partial charge in [-0.2, -0.15) is 0 Å². The summed E-state index contributed by atoms with van der Waals surface area (Å²) in [5.41, 5.74) is 3.64. The van der Waals surface area contributed by atoms with E-state index in [2.05, 4.69) is 70.5 Å². The summed E-state index contributed by atoms with van der Waals surface area (Å²) in [4.78, 5) is 19.3. The zero-order valence-corrected chi connectivity index (χ0v) is 18.8. The van der Waals surface area contributed by atoms with Gasteiger partial charge >= 0.3 is 0 Å². The van der Waals surface area contributed by atoms with Gasteiger partial charge in [-0.3, -0.25) is 4.98 Å². The SMILES string of the molecule is c1ccc(CC[C@@H]2CCN(c3nccnc3C3CN(c4ccc5ccccc5n4)C3)C2)cc1. The lowest BCUT2D eigenvalue weighted by Gasteiger charge is -2.40. The van der Waals surface area contributed by atoms with E-state index in [0.717, 1.165) is 61.4 Å². The molecular formula is C28H29N5. The quantitative estimate of drug-likeness (QED) is 0.422. The van der Waals surface area contributed by atoms with E-state index in [-0.39, 0.29) is 0 Å². The van der Waals surface area contributed by atoms with Crippen LogP contribution in [-0.2, 0) is 6.42 Å². The summed E-state index contributed by atoms with van der Waals surface area (Å²) in [6.45, 7) is 4.06. The van der Waals surface area contributed by atoms with E-state index in [1.165, 1.54) is 23.8 Å². The highest BCUT2D eigenvalue weighted by molar-refractivity contribution is 5.80. The molecule has 0 N–H and O–H groups in total. The number of fused-ring (bicyclic) bond motifs is 1. The van der Waals surface area contributed by atoms with Crippen molar-refractivity contribution in [3.05, 3.63) is 90.4 Å². The largest absolute Gasteiger partial charge is 0.355 e.